The topological polar surface area (TPSA) is 59.8 Å². The summed E-state index contributed by atoms with van der Waals surface area (Å²) in [6.07, 6.45) is 0.634. The Bertz CT molecular complexity index is 1210. The third-order valence-corrected chi connectivity index (χ3v) is 6.04. The Kier molecular flexibility index (Phi) is 7.15. The van der Waals surface area contributed by atoms with Gasteiger partial charge in [0.2, 0.25) is 5.91 Å². The highest BCUT2D eigenvalue weighted by Gasteiger charge is 2.16. The fourth-order valence-corrected chi connectivity index (χ4v) is 4.49. The summed E-state index contributed by atoms with van der Waals surface area (Å²) in [4.78, 5) is 12.5. The molecular weight excluding hydrogens is 463 g/mol. The van der Waals surface area contributed by atoms with Gasteiger partial charge in [0.25, 0.3) is 0 Å². The molecule has 8 heteroatoms. The first-order valence-electron chi connectivity index (χ1n) is 9.92. The molecule has 0 aliphatic rings. The molecular formula is C24H20Cl2N4OS. The highest BCUT2D eigenvalue weighted by molar-refractivity contribution is 7.99. The number of thioether (sulfide) groups is 1. The summed E-state index contributed by atoms with van der Waals surface area (Å²) in [7, 11) is 0. The molecule has 1 heterocycles. The number of benzene rings is 3. The van der Waals surface area contributed by atoms with Crippen LogP contribution in [0.5, 0.6) is 0 Å². The average molecular weight is 483 g/mol. The molecule has 0 saturated carbocycles. The molecule has 0 radical (unpaired) electrons. The molecule has 0 unspecified atom stereocenters. The largest absolute Gasteiger partial charge is 0.325 e. The van der Waals surface area contributed by atoms with Crippen molar-refractivity contribution in [3.8, 4) is 5.69 Å². The molecule has 4 aromatic rings. The van der Waals surface area contributed by atoms with Crippen molar-refractivity contribution in [3.05, 3.63) is 99.8 Å². The number of amides is 1. The van der Waals surface area contributed by atoms with Gasteiger partial charge in [0.1, 0.15) is 5.82 Å². The van der Waals surface area contributed by atoms with E-state index in [4.69, 9.17) is 23.2 Å². The predicted octanol–water partition coefficient (Wildman–Crippen LogP) is 6.20. The molecule has 0 saturated heterocycles. The minimum atomic E-state index is -0.184. The Morgan fingerprint density at radius 1 is 0.969 bits per heavy atom. The second-order valence-corrected chi connectivity index (χ2v) is 9.04. The smallest absolute Gasteiger partial charge is 0.234 e. The zero-order valence-corrected chi connectivity index (χ0v) is 19.6. The Labute approximate surface area is 200 Å². The van der Waals surface area contributed by atoms with Gasteiger partial charge in [0.15, 0.2) is 5.16 Å². The van der Waals surface area contributed by atoms with Crippen molar-refractivity contribution in [1.29, 1.82) is 0 Å². The van der Waals surface area contributed by atoms with E-state index in [2.05, 4.69) is 27.6 Å². The molecule has 0 fully saturated rings. The molecule has 0 aliphatic heterocycles. The van der Waals surface area contributed by atoms with Crippen molar-refractivity contribution in [2.75, 3.05) is 11.1 Å². The minimum absolute atomic E-state index is 0.166. The monoisotopic (exact) mass is 482 g/mol. The number of anilines is 1. The van der Waals surface area contributed by atoms with E-state index in [1.165, 1.54) is 17.3 Å². The summed E-state index contributed by atoms with van der Waals surface area (Å²) in [5.41, 5.74) is 3.81. The van der Waals surface area contributed by atoms with Crippen LogP contribution in [0.15, 0.2) is 78.0 Å². The molecule has 162 valence electrons. The number of carbonyl (C=O) groups excluding carboxylic acids is 1. The van der Waals surface area contributed by atoms with Gasteiger partial charge in [0, 0.05) is 27.8 Å². The molecule has 0 aliphatic carbocycles. The van der Waals surface area contributed by atoms with E-state index in [-0.39, 0.29) is 11.7 Å². The first kappa shape index (κ1) is 22.4. The van der Waals surface area contributed by atoms with Crippen molar-refractivity contribution in [1.82, 2.24) is 14.8 Å². The average Bonchev–Trinajstić information content (AvgIpc) is 3.15. The molecule has 4 rings (SSSR count). The van der Waals surface area contributed by atoms with Crippen LogP contribution >= 0.6 is 35.0 Å². The van der Waals surface area contributed by atoms with Crippen LogP contribution in [0.25, 0.3) is 5.69 Å². The summed E-state index contributed by atoms with van der Waals surface area (Å²) in [6, 6.07) is 23.2. The van der Waals surface area contributed by atoms with Crippen LogP contribution in [0.1, 0.15) is 17.0 Å². The van der Waals surface area contributed by atoms with Crippen LogP contribution in [0, 0.1) is 6.92 Å². The number of carbonyl (C=O) groups is 1. The van der Waals surface area contributed by atoms with E-state index in [9.17, 15) is 4.79 Å². The molecule has 0 spiro atoms. The number of aromatic nitrogens is 3. The van der Waals surface area contributed by atoms with Crippen LogP contribution < -0.4 is 5.32 Å². The van der Waals surface area contributed by atoms with Crippen molar-refractivity contribution in [2.45, 2.75) is 18.5 Å². The van der Waals surface area contributed by atoms with Crippen LogP contribution in [0.4, 0.5) is 5.69 Å². The third kappa shape index (κ3) is 5.71. The van der Waals surface area contributed by atoms with Gasteiger partial charge in [-0.25, -0.2) is 0 Å². The van der Waals surface area contributed by atoms with E-state index >= 15 is 0 Å². The second-order valence-electron chi connectivity index (χ2n) is 7.23. The highest BCUT2D eigenvalue weighted by Crippen LogP contribution is 2.25. The Morgan fingerprint density at radius 2 is 1.66 bits per heavy atom. The van der Waals surface area contributed by atoms with Gasteiger partial charge in [-0.3, -0.25) is 9.36 Å². The van der Waals surface area contributed by atoms with E-state index < -0.39 is 0 Å². The summed E-state index contributed by atoms with van der Waals surface area (Å²) >= 11 is 13.4. The normalized spacial score (nSPS) is 10.8. The van der Waals surface area contributed by atoms with E-state index in [0.29, 0.717) is 27.3 Å². The maximum Gasteiger partial charge on any atom is 0.234 e. The number of nitrogens with one attached hydrogen (secondary N) is 1. The van der Waals surface area contributed by atoms with Gasteiger partial charge < -0.3 is 5.32 Å². The fourth-order valence-electron chi connectivity index (χ4n) is 3.19. The number of nitrogens with zero attached hydrogens (tertiary/aromatic N) is 3. The number of hydrogen-bond donors (Lipinski definition) is 1. The van der Waals surface area contributed by atoms with Gasteiger partial charge >= 0.3 is 0 Å². The maximum absolute atomic E-state index is 12.5. The summed E-state index contributed by atoms with van der Waals surface area (Å²) < 4.78 is 2.00. The Morgan fingerprint density at radius 3 is 2.34 bits per heavy atom. The SMILES string of the molecule is Cc1ccc(-n2c(Cc3ccccc3)nnc2SCC(=O)Nc2cc(Cl)cc(Cl)c2)cc1. The van der Waals surface area contributed by atoms with Crippen molar-refractivity contribution in [3.63, 3.8) is 0 Å². The van der Waals surface area contributed by atoms with Crippen LogP contribution in [-0.4, -0.2) is 26.4 Å². The van der Waals surface area contributed by atoms with Gasteiger partial charge in [-0.1, -0.05) is 83.0 Å². The number of aryl methyl sites for hydroxylation is 1. The lowest BCUT2D eigenvalue weighted by Crippen LogP contribution is -2.14. The molecule has 5 nitrogen and oxygen atoms in total. The summed E-state index contributed by atoms with van der Waals surface area (Å²) in [6.45, 7) is 2.04. The first-order chi connectivity index (χ1) is 15.5. The molecule has 32 heavy (non-hydrogen) atoms. The van der Waals surface area contributed by atoms with Gasteiger partial charge in [-0.15, -0.1) is 10.2 Å². The van der Waals surface area contributed by atoms with Crippen molar-refractivity contribution in [2.24, 2.45) is 0 Å². The first-order valence-corrected chi connectivity index (χ1v) is 11.7. The highest BCUT2D eigenvalue weighted by atomic mass is 35.5. The lowest BCUT2D eigenvalue weighted by molar-refractivity contribution is -0.113. The molecule has 1 amide bonds. The lowest BCUT2D eigenvalue weighted by atomic mass is 10.1. The zero-order chi connectivity index (χ0) is 22.5. The van der Waals surface area contributed by atoms with Crippen LogP contribution in [0.2, 0.25) is 10.0 Å². The van der Waals surface area contributed by atoms with Crippen molar-refractivity contribution >= 4 is 46.6 Å². The van der Waals surface area contributed by atoms with E-state index in [1.807, 2.05) is 54.0 Å². The predicted molar refractivity (Wildman–Crippen MR) is 131 cm³/mol. The molecule has 1 aromatic heterocycles. The maximum atomic E-state index is 12.5. The quantitative estimate of drug-likeness (QED) is 0.318. The van der Waals surface area contributed by atoms with Crippen LogP contribution in [-0.2, 0) is 11.2 Å². The third-order valence-electron chi connectivity index (χ3n) is 4.68. The molecule has 0 bridgehead atoms. The molecule has 1 N–H and O–H groups in total. The number of hydrogen-bond acceptors (Lipinski definition) is 4. The van der Waals surface area contributed by atoms with Crippen molar-refractivity contribution < 1.29 is 4.79 Å². The Balaban J connectivity index is 1.55. The van der Waals surface area contributed by atoms with E-state index in [1.54, 1.807) is 18.2 Å². The number of rotatable bonds is 7. The molecule has 0 atom stereocenters. The lowest BCUT2D eigenvalue weighted by Gasteiger charge is -2.11. The van der Waals surface area contributed by atoms with E-state index in [0.717, 1.165) is 17.1 Å². The fraction of sp³-hybridized carbons (Fsp3) is 0.125. The van der Waals surface area contributed by atoms with Crippen LogP contribution in [0.3, 0.4) is 0 Å². The standard InChI is InChI=1S/C24H20Cl2N4OS/c1-16-7-9-21(10-8-16)30-22(11-17-5-3-2-4-6-17)28-29-24(30)32-15-23(31)27-20-13-18(25)12-19(26)14-20/h2-10,12-14H,11,15H2,1H3,(H,27,31). The summed E-state index contributed by atoms with van der Waals surface area (Å²) in [5, 5.41) is 13.2. The van der Waals surface area contributed by atoms with Gasteiger partial charge in [-0.05, 0) is 42.8 Å². The summed E-state index contributed by atoms with van der Waals surface area (Å²) in [5.74, 6) is 0.792. The second kappa shape index (κ2) is 10.2. The van der Waals surface area contributed by atoms with Gasteiger partial charge in [-0.2, -0.15) is 0 Å². The minimum Gasteiger partial charge on any atom is -0.325 e. The zero-order valence-electron chi connectivity index (χ0n) is 17.3. The Hall–Kier alpha value is -2.80. The number of halogens is 2. The van der Waals surface area contributed by atoms with Gasteiger partial charge in [0.05, 0.1) is 5.75 Å². The molecule has 3 aromatic carbocycles.